The van der Waals surface area contributed by atoms with Crippen LogP contribution in [-0.2, 0) is 4.79 Å². The van der Waals surface area contributed by atoms with E-state index in [0.717, 1.165) is 37.8 Å². The first-order valence-corrected chi connectivity index (χ1v) is 13.8. The Morgan fingerprint density at radius 3 is 2.65 bits per heavy atom. The molecule has 34 heavy (non-hydrogen) atoms. The molecule has 188 valence electrons. The summed E-state index contributed by atoms with van der Waals surface area (Å²) in [5.41, 5.74) is 1.30. The average molecular weight is 469 g/mol. The molecule has 0 radical (unpaired) electrons. The van der Waals surface area contributed by atoms with Crippen LogP contribution >= 0.6 is 0 Å². The van der Waals surface area contributed by atoms with E-state index in [1.165, 1.54) is 25.7 Å². The molecule has 1 amide bonds. The van der Waals surface area contributed by atoms with E-state index in [-0.39, 0.29) is 28.9 Å². The molecule has 4 aliphatic rings. The summed E-state index contributed by atoms with van der Waals surface area (Å²) in [7, 11) is 0. The largest absolute Gasteiger partial charge is 0.393 e. The number of rotatable bonds is 5. The van der Waals surface area contributed by atoms with Gasteiger partial charge >= 0.3 is 0 Å². The zero-order chi connectivity index (χ0) is 24.1. The van der Waals surface area contributed by atoms with E-state index in [0.29, 0.717) is 41.9 Å². The minimum atomic E-state index is -0.225. The summed E-state index contributed by atoms with van der Waals surface area (Å²) in [4.78, 5) is 16.6. The highest BCUT2D eigenvalue weighted by atomic mass is 16.3. The highest BCUT2D eigenvalue weighted by Crippen LogP contribution is 2.68. The van der Waals surface area contributed by atoms with Crippen molar-refractivity contribution in [1.29, 1.82) is 0 Å². The predicted octanol–water partition coefficient (Wildman–Crippen LogP) is 5.43. The molecule has 0 spiro atoms. The SMILES string of the molecule is C[C@H](CCC(=O)Nc1cccnc1)[C@H]1CC[C@H]2[C@@H]3[C@@H](O)C[C@@H]4C[C@H](O)CC[C@]4(C)[C@H]3CC[C@]12C. The topological polar surface area (TPSA) is 82.5 Å². The third kappa shape index (κ3) is 4.11. The van der Waals surface area contributed by atoms with Crippen LogP contribution in [0.25, 0.3) is 0 Å². The Labute approximate surface area is 205 Å². The number of carbonyl (C=O) groups excluding carboxylic acids is 1. The number of amides is 1. The molecule has 5 rings (SSSR count). The monoisotopic (exact) mass is 468 g/mol. The molecule has 0 aromatic carbocycles. The van der Waals surface area contributed by atoms with Gasteiger partial charge in [-0.05, 0) is 116 Å². The second kappa shape index (κ2) is 9.20. The van der Waals surface area contributed by atoms with Crippen LogP contribution < -0.4 is 5.32 Å². The summed E-state index contributed by atoms with van der Waals surface area (Å²) in [6.07, 6.45) is 13.1. The Balaban J connectivity index is 1.25. The minimum absolute atomic E-state index is 0.0735. The number of pyridine rings is 1. The van der Waals surface area contributed by atoms with Crippen molar-refractivity contribution < 1.29 is 15.0 Å². The highest BCUT2D eigenvalue weighted by Gasteiger charge is 2.62. The predicted molar refractivity (Wildman–Crippen MR) is 134 cm³/mol. The standard InChI is InChI=1S/C29H44N2O3/c1-18(6-9-26(34)31-20-5-4-14-30-17-20)22-7-8-23-27-24(11-13-29(22,23)3)28(2)12-10-21(32)15-19(28)16-25(27)33/h4-5,14,17-19,21-25,27,32-33H,6-13,15-16H2,1-3H3,(H,31,34)/t18-,19+,21-,22-,23+,24+,25+,27+,28+,29-/m1/s1. The van der Waals surface area contributed by atoms with Crippen molar-refractivity contribution in [1.82, 2.24) is 4.98 Å². The highest BCUT2D eigenvalue weighted by molar-refractivity contribution is 5.90. The Bertz CT molecular complexity index is 877. The molecule has 4 aliphatic carbocycles. The van der Waals surface area contributed by atoms with Gasteiger partial charge in [0.25, 0.3) is 0 Å². The molecule has 1 aromatic rings. The molecule has 0 bridgehead atoms. The van der Waals surface area contributed by atoms with E-state index in [1.54, 1.807) is 12.4 Å². The minimum Gasteiger partial charge on any atom is -0.393 e. The first kappa shape index (κ1) is 24.2. The maximum atomic E-state index is 12.5. The molecule has 5 heteroatoms. The van der Waals surface area contributed by atoms with E-state index in [1.807, 2.05) is 12.1 Å². The fourth-order valence-electron chi connectivity index (χ4n) is 9.40. The summed E-state index contributed by atoms with van der Waals surface area (Å²) in [5, 5.41) is 24.7. The Morgan fingerprint density at radius 1 is 1.12 bits per heavy atom. The number of aliphatic hydroxyl groups excluding tert-OH is 2. The molecule has 3 N–H and O–H groups in total. The lowest BCUT2D eigenvalue weighted by atomic mass is 9.43. The lowest BCUT2D eigenvalue weighted by Gasteiger charge is -2.62. The molecule has 1 aromatic heterocycles. The van der Waals surface area contributed by atoms with Crippen LogP contribution in [0.4, 0.5) is 5.69 Å². The molecule has 4 saturated carbocycles. The average Bonchev–Trinajstić information content (AvgIpc) is 3.16. The normalized spacial score (nSPS) is 44.4. The fraction of sp³-hybridized carbons (Fsp3) is 0.793. The summed E-state index contributed by atoms with van der Waals surface area (Å²) in [5.74, 6) is 3.24. The molecule has 0 aliphatic heterocycles. The molecule has 0 unspecified atom stereocenters. The lowest BCUT2D eigenvalue weighted by molar-refractivity contribution is -0.174. The van der Waals surface area contributed by atoms with Crippen molar-refractivity contribution in [2.75, 3.05) is 5.32 Å². The van der Waals surface area contributed by atoms with Crippen molar-refractivity contribution in [2.45, 2.75) is 97.2 Å². The molecule has 0 saturated heterocycles. The number of carbonyl (C=O) groups is 1. The van der Waals surface area contributed by atoms with Crippen LogP contribution in [0.2, 0.25) is 0 Å². The Kier molecular flexibility index (Phi) is 6.56. The zero-order valence-corrected chi connectivity index (χ0v) is 21.2. The van der Waals surface area contributed by atoms with Gasteiger partial charge in [0.2, 0.25) is 5.91 Å². The van der Waals surface area contributed by atoms with Crippen LogP contribution in [0.1, 0.15) is 85.0 Å². The van der Waals surface area contributed by atoms with Crippen LogP contribution in [0.3, 0.4) is 0 Å². The smallest absolute Gasteiger partial charge is 0.224 e. The van der Waals surface area contributed by atoms with Crippen LogP contribution in [0.15, 0.2) is 24.5 Å². The summed E-state index contributed by atoms with van der Waals surface area (Å²) >= 11 is 0. The van der Waals surface area contributed by atoms with E-state index in [2.05, 4.69) is 31.1 Å². The van der Waals surface area contributed by atoms with Gasteiger partial charge in [0.1, 0.15) is 0 Å². The summed E-state index contributed by atoms with van der Waals surface area (Å²) in [6.45, 7) is 7.33. The maximum Gasteiger partial charge on any atom is 0.224 e. The van der Waals surface area contributed by atoms with Gasteiger partial charge in [-0.3, -0.25) is 9.78 Å². The second-order valence-corrected chi connectivity index (χ2v) is 12.8. The quantitative estimate of drug-likeness (QED) is 0.538. The van der Waals surface area contributed by atoms with Gasteiger partial charge in [0, 0.05) is 12.6 Å². The Hall–Kier alpha value is -1.46. The number of aliphatic hydroxyl groups is 2. The maximum absolute atomic E-state index is 12.5. The summed E-state index contributed by atoms with van der Waals surface area (Å²) in [6, 6.07) is 3.72. The van der Waals surface area contributed by atoms with E-state index in [9.17, 15) is 15.0 Å². The Morgan fingerprint density at radius 2 is 1.88 bits per heavy atom. The summed E-state index contributed by atoms with van der Waals surface area (Å²) < 4.78 is 0. The lowest BCUT2D eigenvalue weighted by Crippen LogP contribution is -2.58. The van der Waals surface area contributed by atoms with Crippen molar-refractivity contribution in [3.8, 4) is 0 Å². The first-order valence-electron chi connectivity index (χ1n) is 13.8. The number of hydrogen-bond acceptors (Lipinski definition) is 4. The third-order valence-electron chi connectivity index (χ3n) is 11.2. The molecule has 1 heterocycles. The van der Waals surface area contributed by atoms with Crippen molar-refractivity contribution in [3.63, 3.8) is 0 Å². The molecular weight excluding hydrogens is 424 g/mol. The van der Waals surface area contributed by atoms with Crippen molar-refractivity contribution in [2.24, 2.45) is 46.3 Å². The molecular formula is C29H44N2O3. The van der Waals surface area contributed by atoms with Gasteiger partial charge in [0.05, 0.1) is 24.1 Å². The molecule has 4 fully saturated rings. The van der Waals surface area contributed by atoms with Gasteiger partial charge in [-0.1, -0.05) is 20.8 Å². The van der Waals surface area contributed by atoms with Crippen LogP contribution in [0.5, 0.6) is 0 Å². The number of hydrogen-bond donors (Lipinski definition) is 3. The van der Waals surface area contributed by atoms with E-state index < -0.39 is 0 Å². The van der Waals surface area contributed by atoms with E-state index in [4.69, 9.17) is 0 Å². The van der Waals surface area contributed by atoms with Gasteiger partial charge in [-0.25, -0.2) is 0 Å². The van der Waals surface area contributed by atoms with E-state index >= 15 is 0 Å². The van der Waals surface area contributed by atoms with Gasteiger partial charge < -0.3 is 15.5 Å². The second-order valence-electron chi connectivity index (χ2n) is 12.8. The van der Waals surface area contributed by atoms with Crippen LogP contribution in [0, 0.1) is 46.3 Å². The number of nitrogens with one attached hydrogen (secondary N) is 1. The number of fused-ring (bicyclic) bond motifs is 5. The molecule has 5 nitrogen and oxygen atoms in total. The van der Waals surface area contributed by atoms with Gasteiger partial charge in [-0.15, -0.1) is 0 Å². The number of anilines is 1. The van der Waals surface area contributed by atoms with Crippen molar-refractivity contribution >= 4 is 11.6 Å². The fourth-order valence-corrected chi connectivity index (χ4v) is 9.40. The first-order chi connectivity index (χ1) is 16.2. The van der Waals surface area contributed by atoms with Gasteiger partial charge in [0.15, 0.2) is 0 Å². The number of nitrogens with zero attached hydrogens (tertiary/aromatic N) is 1. The van der Waals surface area contributed by atoms with Crippen LogP contribution in [-0.4, -0.2) is 33.3 Å². The molecule has 10 atom stereocenters. The van der Waals surface area contributed by atoms with Gasteiger partial charge in [-0.2, -0.15) is 0 Å². The zero-order valence-electron chi connectivity index (χ0n) is 21.2. The van der Waals surface area contributed by atoms with Crippen molar-refractivity contribution in [3.05, 3.63) is 24.5 Å². The number of aromatic nitrogens is 1. The third-order valence-corrected chi connectivity index (χ3v) is 11.2.